The average Bonchev–Trinajstić information content (AvgIpc) is 3.17. The summed E-state index contributed by atoms with van der Waals surface area (Å²) in [7, 11) is 0. The number of aromatic amines is 1. The van der Waals surface area contributed by atoms with Crippen molar-refractivity contribution >= 4 is 28.3 Å². The lowest BCUT2D eigenvalue weighted by Gasteiger charge is -2.22. The third-order valence-corrected chi connectivity index (χ3v) is 6.99. The van der Waals surface area contributed by atoms with Gasteiger partial charge in [-0.3, -0.25) is 0 Å². The molecule has 6 rings (SSSR count). The molecule has 1 aliphatic carbocycles. The smallest absolute Gasteiger partial charge is 0.139 e. The van der Waals surface area contributed by atoms with Crippen LogP contribution in [0, 0.1) is 0 Å². The second kappa shape index (κ2) is 6.25. The number of H-pyrrole nitrogens is 1. The van der Waals surface area contributed by atoms with Crippen molar-refractivity contribution in [2.75, 3.05) is 24.5 Å². The zero-order valence-electron chi connectivity index (χ0n) is 16.3. The fourth-order valence-corrected chi connectivity index (χ4v) is 5.24. The maximum atomic E-state index is 6.92. The molecule has 2 saturated heterocycles. The summed E-state index contributed by atoms with van der Waals surface area (Å²) in [6.07, 6.45) is 7.56. The van der Waals surface area contributed by atoms with Crippen molar-refractivity contribution in [3.05, 3.63) is 59.6 Å². The highest BCUT2D eigenvalue weighted by Crippen LogP contribution is 2.46. The fourth-order valence-electron chi connectivity index (χ4n) is 4.88. The molecule has 0 amide bonds. The second-order valence-electron chi connectivity index (χ2n) is 8.64. The molecule has 2 aromatic heterocycles. The standard InChI is InChI=1S/C23H24ClN5/c1-14-28-23(7-8-25-12-23)13-29(14)17-4-2-3-16(9-17)19-11-27-22-20(21(19)24)18(10-26-22)15-5-6-15/h2-4,9-11,15,25,28H,1,5-8,12-13H2,(H,26,27). The van der Waals surface area contributed by atoms with Gasteiger partial charge in [0.2, 0.25) is 0 Å². The molecule has 0 bridgehead atoms. The minimum absolute atomic E-state index is 0.0927. The largest absolute Gasteiger partial charge is 0.363 e. The van der Waals surface area contributed by atoms with Gasteiger partial charge >= 0.3 is 0 Å². The van der Waals surface area contributed by atoms with Crippen molar-refractivity contribution in [1.29, 1.82) is 0 Å². The first-order valence-corrected chi connectivity index (χ1v) is 10.7. The molecule has 2 aliphatic heterocycles. The van der Waals surface area contributed by atoms with E-state index in [4.69, 9.17) is 11.6 Å². The average molecular weight is 406 g/mol. The summed E-state index contributed by atoms with van der Waals surface area (Å²) in [6.45, 7) is 7.22. The van der Waals surface area contributed by atoms with E-state index in [1.807, 2.05) is 6.20 Å². The topological polar surface area (TPSA) is 56.0 Å². The number of nitrogens with zero attached hydrogens (tertiary/aromatic N) is 2. The van der Waals surface area contributed by atoms with Crippen LogP contribution in [0.15, 0.2) is 49.1 Å². The molecule has 1 aromatic carbocycles. The third kappa shape index (κ3) is 2.75. The van der Waals surface area contributed by atoms with E-state index in [9.17, 15) is 0 Å². The molecular formula is C23H24ClN5. The number of fused-ring (bicyclic) bond motifs is 1. The molecule has 6 heteroatoms. The molecule has 3 N–H and O–H groups in total. The minimum Gasteiger partial charge on any atom is -0.363 e. The normalized spacial score (nSPS) is 24.0. The lowest BCUT2D eigenvalue weighted by Crippen LogP contribution is -2.44. The first-order valence-electron chi connectivity index (χ1n) is 10.3. The molecule has 0 radical (unpaired) electrons. The van der Waals surface area contributed by atoms with E-state index in [-0.39, 0.29) is 5.54 Å². The van der Waals surface area contributed by atoms with Crippen molar-refractivity contribution in [1.82, 2.24) is 20.6 Å². The van der Waals surface area contributed by atoms with Crippen LogP contribution in [-0.4, -0.2) is 35.1 Å². The van der Waals surface area contributed by atoms with E-state index in [2.05, 4.69) is 62.5 Å². The molecule has 4 heterocycles. The Morgan fingerprint density at radius 1 is 1.28 bits per heavy atom. The van der Waals surface area contributed by atoms with E-state index >= 15 is 0 Å². The predicted molar refractivity (Wildman–Crippen MR) is 118 cm³/mol. The molecule has 5 nitrogen and oxygen atoms in total. The summed E-state index contributed by atoms with van der Waals surface area (Å²) >= 11 is 6.92. The second-order valence-corrected chi connectivity index (χ2v) is 9.02. The number of benzene rings is 1. The number of aromatic nitrogens is 2. The first kappa shape index (κ1) is 17.4. The van der Waals surface area contributed by atoms with Crippen molar-refractivity contribution < 1.29 is 0 Å². The van der Waals surface area contributed by atoms with Gasteiger partial charge < -0.3 is 20.5 Å². The van der Waals surface area contributed by atoms with Crippen LogP contribution in [0.5, 0.6) is 0 Å². The summed E-state index contributed by atoms with van der Waals surface area (Å²) in [5.74, 6) is 1.59. The number of rotatable bonds is 3. The van der Waals surface area contributed by atoms with Crippen molar-refractivity contribution in [3.8, 4) is 11.1 Å². The van der Waals surface area contributed by atoms with Crippen LogP contribution in [0.25, 0.3) is 22.2 Å². The molecular weight excluding hydrogens is 382 g/mol. The summed E-state index contributed by atoms with van der Waals surface area (Å²) in [5, 5.41) is 8.97. The van der Waals surface area contributed by atoms with Gasteiger partial charge in [0.1, 0.15) is 5.65 Å². The fraction of sp³-hybridized carbons (Fsp3) is 0.348. The molecule has 1 unspecified atom stereocenters. The zero-order valence-corrected chi connectivity index (χ0v) is 17.0. The summed E-state index contributed by atoms with van der Waals surface area (Å²) in [4.78, 5) is 10.2. The van der Waals surface area contributed by atoms with Gasteiger partial charge in [0.25, 0.3) is 0 Å². The quantitative estimate of drug-likeness (QED) is 0.605. The van der Waals surface area contributed by atoms with Crippen LogP contribution in [-0.2, 0) is 0 Å². The van der Waals surface area contributed by atoms with E-state index in [0.717, 1.165) is 64.7 Å². The summed E-state index contributed by atoms with van der Waals surface area (Å²) in [5.41, 5.74) is 5.49. The summed E-state index contributed by atoms with van der Waals surface area (Å²) < 4.78 is 0. The Bertz CT molecular complexity index is 1120. The molecule has 3 aliphatic rings. The van der Waals surface area contributed by atoms with E-state index in [1.54, 1.807) is 0 Å². The van der Waals surface area contributed by atoms with Crippen molar-refractivity contribution in [2.24, 2.45) is 0 Å². The monoisotopic (exact) mass is 405 g/mol. The van der Waals surface area contributed by atoms with Crippen LogP contribution in [0.2, 0.25) is 5.02 Å². The highest BCUT2D eigenvalue weighted by Gasteiger charge is 2.42. The Hall–Kier alpha value is -2.50. The highest BCUT2D eigenvalue weighted by atomic mass is 35.5. The maximum Gasteiger partial charge on any atom is 0.139 e. The van der Waals surface area contributed by atoms with Crippen LogP contribution in [0.1, 0.15) is 30.7 Å². The Kier molecular flexibility index (Phi) is 3.74. The van der Waals surface area contributed by atoms with Gasteiger partial charge in [-0.05, 0) is 55.0 Å². The Morgan fingerprint density at radius 2 is 2.17 bits per heavy atom. The van der Waals surface area contributed by atoms with Crippen LogP contribution < -0.4 is 15.5 Å². The lowest BCUT2D eigenvalue weighted by atomic mass is 10.00. The van der Waals surface area contributed by atoms with Gasteiger partial charge in [-0.2, -0.15) is 0 Å². The molecule has 3 fully saturated rings. The van der Waals surface area contributed by atoms with Crippen LogP contribution in [0.4, 0.5) is 5.69 Å². The third-order valence-electron chi connectivity index (χ3n) is 6.59. The number of hydrogen-bond donors (Lipinski definition) is 3. The SMILES string of the molecule is C=C1NC2(CCNC2)CN1c1cccc(-c2cnc3[nH]cc(C4CC4)c3c2Cl)c1. The number of halogens is 1. The number of pyridine rings is 1. The molecule has 1 saturated carbocycles. The molecule has 1 atom stereocenters. The number of hydrogen-bond acceptors (Lipinski definition) is 4. The first-order chi connectivity index (χ1) is 14.1. The van der Waals surface area contributed by atoms with Gasteiger partial charge in [-0.1, -0.05) is 30.3 Å². The summed E-state index contributed by atoms with van der Waals surface area (Å²) in [6, 6.07) is 8.55. The lowest BCUT2D eigenvalue weighted by molar-refractivity contribution is 0.453. The Morgan fingerprint density at radius 3 is 2.97 bits per heavy atom. The number of nitrogens with one attached hydrogen (secondary N) is 3. The molecule has 3 aromatic rings. The zero-order chi connectivity index (χ0) is 19.6. The van der Waals surface area contributed by atoms with Crippen LogP contribution >= 0.6 is 11.6 Å². The Balaban J connectivity index is 1.39. The van der Waals surface area contributed by atoms with Crippen molar-refractivity contribution in [2.45, 2.75) is 30.7 Å². The molecule has 29 heavy (non-hydrogen) atoms. The van der Waals surface area contributed by atoms with E-state index in [0.29, 0.717) is 5.92 Å². The van der Waals surface area contributed by atoms with Gasteiger partial charge in [0.15, 0.2) is 0 Å². The number of anilines is 1. The Labute approximate surface area is 175 Å². The molecule has 148 valence electrons. The molecule has 1 spiro atoms. The van der Waals surface area contributed by atoms with Gasteiger partial charge in [0, 0.05) is 42.1 Å². The highest BCUT2D eigenvalue weighted by molar-refractivity contribution is 6.38. The van der Waals surface area contributed by atoms with E-state index in [1.165, 1.54) is 18.4 Å². The van der Waals surface area contributed by atoms with Crippen LogP contribution in [0.3, 0.4) is 0 Å². The predicted octanol–water partition coefficient (Wildman–Crippen LogP) is 4.37. The van der Waals surface area contributed by atoms with Gasteiger partial charge in [-0.25, -0.2) is 4.98 Å². The van der Waals surface area contributed by atoms with Gasteiger partial charge in [0.05, 0.1) is 16.4 Å². The minimum atomic E-state index is 0.0927. The maximum absolute atomic E-state index is 6.92. The van der Waals surface area contributed by atoms with Crippen molar-refractivity contribution in [3.63, 3.8) is 0 Å². The van der Waals surface area contributed by atoms with Gasteiger partial charge in [-0.15, -0.1) is 0 Å². The van der Waals surface area contributed by atoms with E-state index < -0.39 is 0 Å².